The highest BCUT2D eigenvalue weighted by Gasteiger charge is 2.36. The molecule has 54 valence electrons. The molecular formula is C9O3. The summed E-state index contributed by atoms with van der Waals surface area (Å²) in [5.41, 5.74) is -0.280. The van der Waals surface area contributed by atoms with Gasteiger partial charge < -0.3 is 0 Å². The van der Waals surface area contributed by atoms with Crippen molar-refractivity contribution in [3.8, 4) is 0 Å². The molecule has 0 aliphatic heterocycles. The Hall–Kier alpha value is -1.77. The molecule has 4 rings (SSSR count). The molecule has 0 bridgehead atoms. The number of benzene rings is 1. The highest BCUT2D eigenvalue weighted by molar-refractivity contribution is 6.41. The Morgan fingerprint density at radius 3 is 0.750 bits per heavy atom. The van der Waals surface area contributed by atoms with Crippen LogP contribution in [0.4, 0.5) is 0 Å². The molecule has 0 atom stereocenters. The lowest BCUT2D eigenvalue weighted by molar-refractivity contribution is 2.10. The molecule has 0 fully saturated rings. The zero-order valence-electron chi connectivity index (χ0n) is 5.72. The standard InChI is InChI=1S/C9O3/c10-7-1-2(7)4-6(9(4)12)5-3(1)8(5)11. The summed E-state index contributed by atoms with van der Waals surface area (Å²) in [6, 6.07) is 0. The summed E-state index contributed by atoms with van der Waals surface area (Å²) in [6.07, 6.45) is 0. The predicted octanol–water partition coefficient (Wildman–Crippen LogP) is -0.146. The summed E-state index contributed by atoms with van der Waals surface area (Å²) >= 11 is 0. The minimum atomic E-state index is -0.0933. The third kappa shape index (κ3) is 0.266. The van der Waals surface area contributed by atoms with Gasteiger partial charge in [0, 0.05) is 32.3 Å². The molecule has 3 heteroatoms. The van der Waals surface area contributed by atoms with Crippen molar-refractivity contribution in [1.82, 2.24) is 0 Å². The third-order valence-corrected chi connectivity index (χ3v) is 2.67. The van der Waals surface area contributed by atoms with Gasteiger partial charge in [0.15, 0.2) is 16.3 Å². The van der Waals surface area contributed by atoms with Gasteiger partial charge in [-0.05, 0) is 0 Å². The van der Waals surface area contributed by atoms with Crippen LogP contribution in [0.5, 0.6) is 0 Å². The van der Waals surface area contributed by atoms with E-state index in [9.17, 15) is 14.4 Å². The number of hydrogen-bond acceptors (Lipinski definition) is 3. The van der Waals surface area contributed by atoms with Crippen LogP contribution < -0.4 is 16.3 Å². The van der Waals surface area contributed by atoms with Gasteiger partial charge in [0.2, 0.25) is 0 Å². The van der Waals surface area contributed by atoms with Crippen molar-refractivity contribution in [3.63, 3.8) is 0 Å². The van der Waals surface area contributed by atoms with Gasteiger partial charge >= 0.3 is 0 Å². The molecule has 0 radical (unpaired) electrons. The van der Waals surface area contributed by atoms with Gasteiger partial charge in [0.25, 0.3) is 0 Å². The molecule has 0 amide bonds. The maximum atomic E-state index is 11.0. The normalized spacial score (nSPS) is 14.0. The second-order valence-corrected chi connectivity index (χ2v) is 3.24. The molecule has 4 aromatic carbocycles. The summed E-state index contributed by atoms with van der Waals surface area (Å²) in [4.78, 5) is 33.1. The van der Waals surface area contributed by atoms with Crippen LogP contribution in [0.1, 0.15) is 0 Å². The van der Waals surface area contributed by atoms with Crippen LogP contribution in [0.3, 0.4) is 0 Å². The van der Waals surface area contributed by atoms with Gasteiger partial charge in [-0.3, -0.25) is 14.4 Å². The Morgan fingerprint density at radius 1 is 0.417 bits per heavy atom. The average Bonchev–Trinajstić information content (AvgIpc) is 2.92. The highest BCUT2D eigenvalue weighted by atomic mass is 16.1. The Labute approximate surface area is 63.9 Å². The molecule has 0 aliphatic rings. The maximum Gasteiger partial charge on any atom is 0.196 e. The van der Waals surface area contributed by atoms with E-state index in [0.717, 1.165) is 0 Å². The molecule has 0 saturated heterocycles. The lowest BCUT2D eigenvalue weighted by Crippen LogP contribution is -1.71. The molecule has 0 saturated carbocycles. The fraction of sp³-hybridized carbons (Fsp3) is 0. The van der Waals surface area contributed by atoms with Crippen LogP contribution in [0.25, 0.3) is 32.3 Å². The summed E-state index contributed by atoms with van der Waals surface area (Å²) in [6.45, 7) is 0. The van der Waals surface area contributed by atoms with Crippen LogP contribution in [0.15, 0.2) is 14.4 Å². The molecule has 12 heavy (non-hydrogen) atoms. The smallest absolute Gasteiger partial charge is 0.196 e. The molecule has 0 unspecified atom stereocenters. The molecule has 0 aromatic heterocycles. The topological polar surface area (TPSA) is 51.2 Å². The summed E-state index contributed by atoms with van der Waals surface area (Å²) in [5.74, 6) is 0. The van der Waals surface area contributed by atoms with E-state index >= 15 is 0 Å². The van der Waals surface area contributed by atoms with Gasteiger partial charge in [-0.2, -0.15) is 0 Å². The van der Waals surface area contributed by atoms with Crippen LogP contribution >= 0.6 is 0 Å². The quantitative estimate of drug-likeness (QED) is 0.356. The van der Waals surface area contributed by atoms with Crippen molar-refractivity contribution in [2.24, 2.45) is 0 Å². The number of rotatable bonds is 0. The number of fused-ring (bicyclic) bond motifs is 6. The fourth-order valence-corrected chi connectivity index (χ4v) is 1.94. The average molecular weight is 156 g/mol. The first-order chi connectivity index (χ1) is 5.73. The fourth-order valence-electron chi connectivity index (χ4n) is 1.94. The van der Waals surface area contributed by atoms with E-state index in [0.29, 0.717) is 32.3 Å². The Morgan fingerprint density at radius 2 is 0.583 bits per heavy atom. The summed E-state index contributed by atoms with van der Waals surface area (Å²) in [7, 11) is 0. The van der Waals surface area contributed by atoms with Gasteiger partial charge in [0.1, 0.15) is 0 Å². The van der Waals surface area contributed by atoms with E-state index < -0.39 is 0 Å². The monoisotopic (exact) mass is 156 g/mol. The first kappa shape index (κ1) is 4.98. The van der Waals surface area contributed by atoms with Crippen molar-refractivity contribution in [3.05, 3.63) is 30.7 Å². The second-order valence-electron chi connectivity index (χ2n) is 3.24. The lowest BCUT2D eigenvalue weighted by atomic mass is 10.4. The van der Waals surface area contributed by atoms with Gasteiger partial charge in [-0.25, -0.2) is 0 Å². The van der Waals surface area contributed by atoms with Crippen LogP contribution in [0, 0.1) is 0 Å². The molecule has 3 nitrogen and oxygen atoms in total. The van der Waals surface area contributed by atoms with Crippen molar-refractivity contribution in [1.29, 1.82) is 0 Å². The largest absolute Gasteiger partial charge is 0.289 e. The Kier molecular flexibility index (Phi) is 0.408. The first-order valence-electron chi connectivity index (χ1n) is 3.61. The maximum absolute atomic E-state index is 11.0. The van der Waals surface area contributed by atoms with Gasteiger partial charge in [-0.1, -0.05) is 0 Å². The molecular weight excluding hydrogens is 156 g/mol. The van der Waals surface area contributed by atoms with Crippen molar-refractivity contribution in [2.75, 3.05) is 0 Å². The van der Waals surface area contributed by atoms with E-state index in [1.54, 1.807) is 0 Å². The molecule has 4 aromatic rings. The molecule has 0 heterocycles. The minimum Gasteiger partial charge on any atom is -0.289 e. The molecule has 0 aliphatic carbocycles. The molecule has 0 spiro atoms. The van der Waals surface area contributed by atoms with Crippen molar-refractivity contribution < 1.29 is 0 Å². The summed E-state index contributed by atoms with van der Waals surface area (Å²) in [5, 5.41) is 3.16. The SMILES string of the molecule is O=c1c2c3c(=O)c3c3c(=O)c3c12. The van der Waals surface area contributed by atoms with Crippen molar-refractivity contribution in [2.45, 2.75) is 0 Å². The van der Waals surface area contributed by atoms with Crippen LogP contribution in [-0.4, -0.2) is 0 Å². The van der Waals surface area contributed by atoms with Crippen molar-refractivity contribution >= 4 is 32.3 Å². The Bertz CT molecular complexity index is 627. The van der Waals surface area contributed by atoms with E-state index in [4.69, 9.17) is 0 Å². The zero-order chi connectivity index (χ0) is 8.20. The molecule has 0 N–H and O–H groups in total. The lowest BCUT2D eigenvalue weighted by Gasteiger charge is -1.59. The van der Waals surface area contributed by atoms with Gasteiger partial charge in [0.05, 0.1) is 0 Å². The zero-order valence-corrected chi connectivity index (χ0v) is 5.72. The van der Waals surface area contributed by atoms with E-state index in [1.807, 2.05) is 0 Å². The Balaban J connectivity index is 2.71. The van der Waals surface area contributed by atoms with Crippen LogP contribution in [0.2, 0.25) is 0 Å². The number of hydrogen-bond donors (Lipinski definition) is 0. The summed E-state index contributed by atoms with van der Waals surface area (Å²) < 4.78 is 0. The minimum absolute atomic E-state index is 0.0933. The van der Waals surface area contributed by atoms with Gasteiger partial charge in [-0.15, -0.1) is 0 Å². The second kappa shape index (κ2) is 0.982. The van der Waals surface area contributed by atoms with E-state index in [2.05, 4.69) is 0 Å². The first-order valence-corrected chi connectivity index (χ1v) is 3.61. The van der Waals surface area contributed by atoms with E-state index in [1.165, 1.54) is 0 Å². The van der Waals surface area contributed by atoms with Crippen LogP contribution in [-0.2, 0) is 0 Å². The third-order valence-electron chi connectivity index (χ3n) is 2.67. The predicted molar refractivity (Wildman–Crippen MR) is 44.9 cm³/mol. The van der Waals surface area contributed by atoms with E-state index in [-0.39, 0.29) is 16.3 Å². The highest BCUT2D eigenvalue weighted by Crippen LogP contribution is 2.38.